The van der Waals surface area contributed by atoms with Gasteiger partial charge < -0.3 is 34.2 Å². The van der Waals surface area contributed by atoms with E-state index in [0.717, 1.165) is 161 Å². The number of phosphoric ester groups is 2. The first kappa shape index (κ1) is 99.4. The summed E-state index contributed by atoms with van der Waals surface area (Å²) in [5, 5.41) is 20.7. The highest BCUT2D eigenvalue weighted by Gasteiger charge is 2.29. The van der Waals surface area contributed by atoms with Gasteiger partial charge in [-0.05, 0) is 167 Å². The molecule has 105 heavy (non-hydrogen) atoms. The van der Waals surface area contributed by atoms with E-state index in [9.17, 15) is 43.5 Å². The van der Waals surface area contributed by atoms with Gasteiger partial charge >= 0.3 is 33.6 Å². The maximum atomic E-state index is 13.0. The largest absolute Gasteiger partial charge is 0.472 e. The second kappa shape index (κ2) is 78.0. The molecule has 16 nitrogen and oxygen atoms in total. The van der Waals surface area contributed by atoms with Crippen LogP contribution in [0.1, 0.15) is 278 Å². The van der Waals surface area contributed by atoms with Crippen LogP contribution in [0.4, 0.5) is 0 Å². The topological polar surface area (TPSA) is 231 Å². The third-order valence-corrected chi connectivity index (χ3v) is 17.7. The zero-order valence-electron chi connectivity index (χ0n) is 64.8. The summed E-state index contributed by atoms with van der Waals surface area (Å²) >= 11 is 0. The molecule has 0 aromatic carbocycles. The molecular weight excluding hydrogens is 1360 g/mol. The lowest BCUT2D eigenvalue weighted by molar-refractivity contribution is -0.161. The molecule has 0 rings (SSSR count). The van der Waals surface area contributed by atoms with Crippen molar-refractivity contribution < 1.29 is 75.8 Å². The van der Waals surface area contributed by atoms with Crippen molar-refractivity contribution in [2.24, 2.45) is 0 Å². The molecule has 0 fully saturated rings. The van der Waals surface area contributed by atoms with E-state index in [2.05, 4.69) is 215 Å². The van der Waals surface area contributed by atoms with E-state index < -0.39 is 91.5 Å². The van der Waals surface area contributed by atoms with Crippen LogP contribution in [0, 0.1) is 0 Å². The van der Waals surface area contributed by atoms with Crippen LogP contribution in [-0.2, 0) is 55.8 Å². The molecule has 0 saturated heterocycles. The fraction of sp³-hybridized carbons (Fsp3) is 0.598. The fourth-order valence-corrected chi connectivity index (χ4v) is 11.4. The predicted octanol–water partition coefficient (Wildman–Crippen LogP) is 23.5. The molecule has 5 unspecified atom stereocenters. The molecule has 0 spiro atoms. The van der Waals surface area contributed by atoms with Crippen LogP contribution in [0.5, 0.6) is 0 Å². The van der Waals surface area contributed by atoms with Crippen LogP contribution in [0.3, 0.4) is 0 Å². The summed E-state index contributed by atoms with van der Waals surface area (Å²) in [6.45, 7) is 2.31. The van der Waals surface area contributed by atoms with E-state index in [4.69, 9.17) is 32.3 Å². The molecule has 18 heteroatoms. The van der Waals surface area contributed by atoms with Gasteiger partial charge in [-0.3, -0.25) is 32.5 Å². The van der Waals surface area contributed by atoms with E-state index in [0.29, 0.717) is 25.7 Å². The molecule has 0 radical (unpaired) electrons. The van der Waals surface area contributed by atoms with E-state index in [1.807, 2.05) is 0 Å². The Morgan fingerprint density at radius 2 is 0.505 bits per heavy atom. The number of rotatable bonds is 73. The second-order valence-corrected chi connectivity index (χ2v) is 28.7. The van der Waals surface area contributed by atoms with Gasteiger partial charge in [0.1, 0.15) is 25.4 Å². The van der Waals surface area contributed by atoms with Gasteiger partial charge in [-0.15, -0.1) is 0 Å². The molecule has 0 aliphatic rings. The highest BCUT2D eigenvalue weighted by Crippen LogP contribution is 2.45. The number of carbonyl (C=O) groups is 3. The minimum atomic E-state index is -4.96. The third kappa shape index (κ3) is 79.3. The van der Waals surface area contributed by atoms with E-state index >= 15 is 0 Å². The fourth-order valence-electron chi connectivity index (χ4n) is 9.79. The van der Waals surface area contributed by atoms with Crippen molar-refractivity contribution >= 4 is 33.6 Å². The molecule has 0 bridgehead atoms. The molecule has 5 atom stereocenters. The summed E-state index contributed by atoms with van der Waals surface area (Å²) in [5.74, 6) is -1.68. The number of phosphoric acid groups is 2. The molecule has 0 aromatic heterocycles. The Labute approximate surface area is 636 Å². The smallest absolute Gasteiger partial charge is 0.463 e. The lowest BCUT2D eigenvalue weighted by Gasteiger charge is -2.21. The minimum Gasteiger partial charge on any atom is -0.463 e. The van der Waals surface area contributed by atoms with Crippen molar-refractivity contribution in [3.8, 4) is 0 Å². The summed E-state index contributed by atoms with van der Waals surface area (Å²) in [6, 6.07) is 0. The summed E-state index contributed by atoms with van der Waals surface area (Å²) in [5.41, 5.74) is 0. The summed E-state index contributed by atoms with van der Waals surface area (Å²) < 4.78 is 61.1. The molecule has 0 amide bonds. The Bertz CT molecular complexity index is 2690. The van der Waals surface area contributed by atoms with Gasteiger partial charge in [0.25, 0.3) is 0 Å². The van der Waals surface area contributed by atoms with Crippen LogP contribution in [0.2, 0.25) is 0 Å². The van der Waals surface area contributed by atoms with Crippen molar-refractivity contribution in [3.63, 3.8) is 0 Å². The standard InChI is InChI=1S/C87H140O16P2/c1-4-7-10-13-16-19-22-25-28-31-34-37-39-40-42-45-46-49-52-55-58-61-64-67-70-73-85(90)97-76-82(88)77-99-104(93,94)100-78-83(89)79-101-105(95,96)102-81-84(103-87(92)75-72-69-66-63-60-57-54-51-48-43-36-33-30-27-24-21-18-15-12-9-6-3)80-98-86(91)74-71-68-65-62-59-56-53-50-47-44-41-38-35-32-29-26-23-20-17-14-11-8-5-2/h8-9,11-12,16-21,25-30,34-38,40,42-44,47,51,53-54,56,60,63,82-84,88-89H,4-7,10,13-15,22-24,31-33,39,41,45-46,48-50,52,55,57-59,61-62,64-81H2,1-3H3,(H,93,94)(H,95,96)/b11-8-,12-9-,19-16-,20-17-,21-18-,28-25-,29-26-,30-27-,37-34-,38-35-,42-40-,43-36-,47-44-,54-51-,56-53-,63-60-. The number of hydrogen-bond acceptors (Lipinski definition) is 14. The number of unbranched alkanes of at least 4 members (excludes halogenated alkanes) is 18. The Hall–Kier alpha value is -5.61. The quantitative estimate of drug-likeness (QED) is 0.0146. The lowest BCUT2D eigenvalue weighted by Crippen LogP contribution is -2.30. The van der Waals surface area contributed by atoms with Crippen molar-refractivity contribution in [3.05, 3.63) is 194 Å². The lowest BCUT2D eigenvalue weighted by atomic mass is 10.1. The van der Waals surface area contributed by atoms with Crippen molar-refractivity contribution in [1.82, 2.24) is 0 Å². The molecule has 0 heterocycles. The van der Waals surface area contributed by atoms with Gasteiger partial charge in [0.2, 0.25) is 0 Å². The van der Waals surface area contributed by atoms with Crippen molar-refractivity contribution in [1.29, 1.82) is 0 Å². The summed E-state index contributed by atoms with van der Waals surface area (Å²) in [7, 11) is -9.84. The van der Waals surface area contributed by atoms with Gasteiger partial charge in [-0.2, -0.15) is 0 Å². The van der Waals surface area contributed by atoms with Gasteiger partial charge in [0.15, 0.2) is 6.10 Å². The molecule has 0 saturated carbocycles. The van der Waals surface area contributed by atoms with Crippen LogP contribution in [0.15, 0.2) is 194 Å². The maximum absolute atomic E-state index is 13.0. The van der Waals surface area contributed by atoms with Gasteiger partial charge in [-0.1, -0.05) is 286 Å². The Balaban J connectivity index is 4.78. The number of aliphatic hydroxyl groups is 2. The van der Waals surface area contributed by atoms with Gasteiger partial charge in [0, 0.05) is 19.3 Å². The number of allylic oxidation sites excluding steroid dienone is 32. The molecule has 4 N–H and O–H groups in total. The average Bonchev–Trinajstić information content (AvgIpc) is 0.917. The third-order valence-electron chi connectivity index (χ3n) is 15.8. The number of esters is 3. The number of ether oxygens (including phenoxy) is 3. The molecule has 594 valence electrons. The van der Waals surface area contributed by atoms with Gasteiger partial charge in [0.05, 0.1) is 26.4 Å². The first-order chi connectivity index (χ1) is 51.2. The van der Waals surface area contributed by atoms with Crippen molar-refractivity contribution in [2.75, 3.05) is 39.6 Å². The van der Waals surface area contributed by atoms with Crippen LogP contribution < -0.4 is 0 Å². The predicted molar refractivity (Wildman–Crippen MR) is 435 cm³/mol. The van der Waals surface area contributed by atoms with E-state index in [1.54, 1.807) is 0 Å². The highest BCUT2D eigenvalue weighted by molar-refractivity contribution is 7.47. The molecular formula is C87H140O16P2. The first-order valence-corrected chi connectivity index (χ1v) is 42.7. The molecule has 0 aromatic rings. The number of aliphatic hydroxyl groups excluding tert-OH is 2. The zero-order valence-corrected chi connectivity index (χ0v) is 66.6. The minimum absolute atomic E-state index is 0.0342. The number of hydrogen-bond donors (Lipinski definition) is 4. The highest BCUT2D eigenvalue weighted by atomic mass is 31.2. The van der Waals surface area contributed by atoms with Crippen LogP contribution in [0.25, 0.3) is 0 Å². The number of carbonyl (C=O) groups excluding carboxylic acids is 3. The summed E-state index contributed by atoms with van der Waals surface area (Å²) in [4.78, 5) is 58.7. The van der Waals surface area contributed by atoms with Crippen LogP contribution in [-0.4, -0.2) is 95.9 Å². The van der Waals surface area contributed by atoms with Gasteiger partial charge in [-0.25, -0.2) is 9.13 Å². The van der Waals surface area contributed by atoms with E-state index in [-0.39, 0.29) is 19.3 Å². The molecule has 0 aliphatic carbocycles. The van der Waals surface area contributed by atoms with Crippen LogP contribution >= 0.6 is 15.6 Å². The molecule has 0 aliphatic heterocycles. The van der Waals surface area contributed by atoms with Crippen molar-refractivity contribution in [2.45, 2.75) is 296 Å². The Kier molecular flexibility index (Phi) is 73.8. The normalized spacial score (nSPS) is 15.0. The zero-order chi connectivity index (χ0) is 76.6. The second-order valence-electron chi connectivity index (χ2n) is 25.7. The van der Waals surface area contributed by atoms with E-state index in [1.165, 1.54) is 51.4 Å². The Morgan fingerprint density at radius 3 is 0.819 bits per heavy atom. The first-order valence-electron chi connectivity index (χ1n) is 39.7. The SMILES string of the molecule is CC/C=C\C/C=C\C/C=C\C/C=C\C/C=C\C/C=C\CCCCCCC(=O)OCC(COP(=O)(O)OCC(O)COP(=O)(O)OCC(O)COC(=O)CCCCCCCCCCC/C=C\C/C=C\C/C=C\C/C=C\CCCCC)OC(=O)CCCC/C=C\C/C=C\C/C=C\C/C=C\C/C=C\C/C=C\CC. The average molecular weight is 1500 g/mol. The summed E-state index contributed by atoms with van der Waals surface area (Å²) in [6.07, 6.45) is 102. The monoisotopic (exact) mass is 1500 g/mol. The Morgan fingerprint density at radius 1 is 0.276 bits per heavy atom. The maximum Gasteiger partial charge on any atom is 0.472 e.